The highest BCUT2D eigenvalue weighted by Crippen LogP contribution is 2.49. The van der Waals surface area contributed by atoms with Crippen molar-refractivity contribution in [2.24, 2.45) is 5.92 Å². The number of fused-ring (bicyclic) bond motifs is 3. The highest BCUT2D eigenvalue weighted by molar-refractivity contribution is 5.90. The van der Waals surface area contributed by atoms with Crippen molar-refractivity contribution in [2.45, 2.75) is 18.4 Å². The van der Waals surface area contributed by atoms with Crippen molar-refractivity contribution in [3.8, 4) is 0 Å². The van der Waals surface area contributed by atoms with Crippen LogP contribution in [0.25, 0.3) is 0 Å². The number of methoxy groups -OCH3 is 1. The summed E-state index contributed by atoms with van der Waals surface area (Å²) in [5.74, 6) is -0.994. The minimum Gasteiger partial charge on any atom is -0.545 e. The van der Waals surface area contributed by atoms with Crippen molar-refractivity contribution in [1.29, 1.82) is 0 Å². The van der Waals surface area contributed by atoms with E-state index in [4.69, 9.17) is 4.74 Å². The number of ether oxygens (including phenoxy) is 1. The average Bonchev–Trinajstić information content (AvgIpc) is 3.16. The van der Waals surface area contributed by atoms with Crippen molar-refractivity contribution in [3.05, 3.63) is 76.9 Å². The van der Waals surface area contributed by atoms with Gasteiger partial charge >= 0.3 is 5.97 Å². The number of carboxylic acid groups (broad SMARTS) is 1. The smallest absolute Gasteiger partial charge is 0.337 e. The van der Waals surface area contributed by atoms with Gasteiger partial charge in [0.05, 0.1) is 24.7 Å². The Labute approximate surface area is 151 Å². The summed E-state index contributed by atoms with van der Waals surface area (Å²) in [5, 5.41) is 14.5. The molecule has 0 bridgehead atoms. The highest BCUT2D eigenvalue weighted by atomic mass is 16.5. The molecule has 26 heavy (non-hydrogen) atoms. The van der Waals surface area contributed by atoms with Crippen molar-refractivity contribution >= 4 is 17.6 Å². The lowest BCUT2D eigenvalue weighted by atomic mass is 9.76. The zero-order chi connectivity index (χ0) is 18.3. The van der Waals surface area contributed by atoms with Crippen LogP contribution >= 0.6 is 0 Å². The zero-order valence-electron chi connectivity index (χ0n) is 14.3. The number of carbonyl (C=O) groups is 2. The first-order valence-corrected chi connectivity index (χ1v) is 8.55. The Bertz CT molecular complexity index is 901. The summed E-state index contributed by atoms with van der Waals surface area (Å²) in [7, 11) is 1.38. The van der Waals surface area contributed by atoms with Crippen molar-refractivity contribution in [1.82, 2.24) is 0 Å². The minimum absolute atomic E-state index is 0.0716. The van der Waals surface area contributed by atoms with Gasteiger partial charge in [0.25, 0.3) is 0 Å². The fourth-order valence-corrected chi connectivity index (χ4v) is 4.00. The van der Waals surface area contributed by atoms with Crippen LogP contribution in [0, 0.1) is 5.92 Å². The normalized spacial score (nSPS) is 22.9. The maximum Gasteiger partial charge on any atom is 0.337 e. The molecule has 2 aliphatic rings. The molecule has 0 saturated heterocycles. The average molecular weight is 348 g/mol. The number of esters is 1. The van der Waals surface area contributed by atoms with E-state index in [9.17, 15) is 14.7 Å². The molecule has 0 radical (unpaired) electrons. The molecular weight excluding hydrogens is 330 g/mol. The molecule has 0 fully saturated rings. The van der Waals surface area contributed by atoms with E-state index in [1.54, 1.807) is 18.2 Å². The van der Waals surface area contributed by atoms with Crippen LogP contribution < -0.4 is 10.4 Å². The molecule has 2 aromatic rings. The number of anilines is 1. The minimum atomic E-state index is -1.17. The molecule has 1 aliphatic heterocycles. The first kappa shape index (κ1) is 16.4. The monoisotopic (exact) mass is 348 g/mol. The Morgan fingerprint density at radius 3 is 2.54 bits per heavy atom. The molecule has 1 N–H and O–H groups in total. The fraction of sp³-hybridized carbons (Fsp3) is 0.238. The summed E-state index contributed by atoms with van der Waals surface area (Å²) in [6.45, 7) is 0. The van der Waals surface area contributed by atoms with Gasteiger partial charge in [0.2, 0.25) is 0 Å². The van der Waals surface area contributed by atoms with Crippen LogP contribution in [0.15, 0.2) is 54.6 Å². The van der Waals surface area contributed by atoms with E-state index < -0.39 is 5.97 Å². The molecule has 0 unspecified atom stereocenters. The molecule has 3 atom stereocenters. The van der Waals surface area contributed by atoms with Crippen LogP contribution in [0.5, 0.6) is 0 Å². The van der Waals surface area contributed by atoms with E-state index in [1.165, 1.54) is 7.11 Å². The van der Waals surface area contributed by atoms with Gasteiger partial charge in [0, 0.05) is 11.6 Å². The van der Waals surface area contributed by atoms with E-state index in [1.807, 2.05) is 24.3 Å². The van der Waals surface area contributed by atoms with E-state index in [0.717, 1.165) is 23.2 Å². The SMILES string of the molecule is COC(=O)c1ccc2c(c1)[C@@H]1C=CC[C@@H]1[C@H](c1ccc(C(=O)[O-])cc1)N2. The number of benzene rings is 2. The number of allylic oxidation sites excluding steroid dienone is 2. The molecule has 132 valence electrons. The van der Waals surface area contributed by atoms with Gasteiger partial charge in [-0.05, 0) is 47.2 Å². The molecule has 5 heteroatoms. The standard InChI is InChI=1S/C21H19NO4/c1-26-21(25)14-9-10-18-17(11-14)15-3-2-4-16(15)19(22-18)12-5-7-13(8-6-12)20(23)24/h2-3,5-11,15-16,19,22H,4H2,1H3,(H,23,24)/p-1/t15-,16+,19+/m1/s1. The highest BCUT2D eigenvalue weighted by Gasteiger charge is 2.38. The number of aromatic carboxylic acids is 1. The summed E-state index contributed by atoms with van der Waals surface area (Å²) in [4.78, 5) is 22.8. The molecule has 4 rings (SSSR count). The van der Waals surface area contributed by atoms with E-state index in [2.05, 4.69) is 17.5 Å². The quantitative estimate of drug-likeness (QED) is 0.681. The molecule has 1 heterocycles. The number of hydrogen-bond acceptors (Lipinski definition) is 5. The van der Waals surface area contributed by atoms with Crippen LogP contribution in [0.1, 0.15) is 50.2 Å². The predicted molar refractivity (Wildman–Crippen MR) is 94.9 cm³/mol. The number of hydrogen-bond donors (Lipinski definition) is 1. The van der Waals surface area contributed by atoms with Gasteiger partial charge in [-0.25, -0.2) is 4.79 Å². The summed E-state index contributed by atoms with van der Waals surface area (Å²) in [5.41, 5.74) is 3.84. The third-order valence-electron chi connectivity index (χ3n) is 5.29. The van der Waals surface area contributed by atoms with Crippen LogP contribution in [-0.4, -0.2) is 19.0 Å². The Morgan fingerprint density at radius 1 is 1.12 bits per heavy atom. The second-order valence-corrected chi connectivity index (χ2v) is 6.68. The second-order valence-electron chi connectivity index (χ2n) is 6.68. The number of carbonyl (C=O) groups excluding carboxylic acids is 2. The predicted octanol–water partition coefficient (Wildman–Crippen LogP) is 2.66. The van der Waals surface area contributed by atoms with E-state index >= 15 is 0 Å². The third kappa shape index (κ3) is 2.65. The lowest BCUT2D eigenvalue weighted by Gasteiger charge is -2.37. The summed E-state index contributed by atoms with van der Waals surface area (Å²) < 4.78 is 4.83. The molecule has 0 amide bonds. The number of carboxylic acids is 1. The maximum atomic E-state index is 11.9. The van der Waals surface area contributed by atoms with E-state index in [-0.39, 0.29) is 23.5 Å². The molecule has 2 aromatic carbocycles. The van der Waals surface area contributed by atoms with Crippen molar-refractivity contribution in [3.63, 3.8) is 0 Å². The zero-order valence-corrected chi connectivity index (χ0v) is 14.3. The number of rotatable bonds is 3. The maximum absolute atomic E-state index is 11.9. The molecule has 0 spiro atoms. The first-order valence-electron chi connectivity index (χ1n) is 8.55. The number of nitrogens with one attached hydrogen (secondary N) is 1. The largest absolute Gasteiger partial charge is 0.545 e. The molecule has 5 nitrogen and oxygen atoms in total. The van der Waals surface area contributed by atoms with Gasteiger partial charge < -0.3 is 20.0 Å². The van der Waals surface area contributed by atoms with Gasteiger partial charge in [-0.2, -0.15) is 0 Å². The topological polar surface area (TPSA) is 78.5 Å². The Hall–Kier alpha value is -3.08. The van der Waals surface area contributed by atoms with Gasteiger partial charge in [-0.3, -0.25) is 0 Å². The van der Waals surface area contributed by atoms with E-state index in [0.29, 0.717) is 11.5 Å². The third-order valence-corrected chi connectivity index (χ3v) is 5.29. The Kier molecular flexibility index (Phi) is 3.99. The summed E-state index contributed by atoms with van der Waals surface area (Å²) >= 11 is 0. The van der Waals surface area contributed by atoms with Crippen LogP contribution in [0.4, 0.5) is 5.69 Å². The molecule has 0 saturated carbocycles. The van der Waals surface area contributed by atoms with Gasteiger partial charge in [0.1, 0.15) is 0 Å². The molecule has 1 aliphatic carbocycles. The lowest BCUT2D eigenvalue weighted by molar-refractivity contribution is -0.255. The van der Waals surface area contributed by atoms with Crippen LogP contribution in [0.2, 0.25) is 0 Å². The molecular formula is C21H18NO4-. The Balaban J connectivity index is 1.71. The lowest BCUT2D eigenvalue weighted by Crippen LogP contribution is -2.29. The van der Waals surface area contributed by atoms with Crippen molar-refractivity contribution < 1.29 is 19.4 Å². The molecule has 0 aromatic heterocycles. The summed E-state index contributed by atoms with van der Waals surface area (Å²) in [6, 6.07) is 12.5. The summed E-state index contributed by atoms with van der Waals surface area (Å²) in [6.07, 6.45) is 5.28. The first-order chi connectivity index (χ1) is 12.6. The second kappa shape index (κ2) is 6.33. The van der Waals surface area contributed by atoms with Crippen molar-refractivity contribution in [2.75, 3.05) is 12.4 Å². The van der Waals surface area contributed by atoms with Gasteiger partial charge in [-0.15, -0.1) is 0 Å². The van der Waals surface area contributed by atoms with Crippen LogP contribution in [-0.2, 0) is 4.74 Å². The van der Waals surface area contributed by atoms with Gasteiger partial charge in [-0.1, -0.05) is 36.4 Å². The van der Waals surface area contributed by atoms with Crippen LogP contribution in [0.3, 0.4) is 0 Å². The van der Waals surface area contributed by atoms with Gasteiger partial charge in [0.15, 0.2) is 0 Å². The fourth-order valence-electron chi connectivity index (χ4n) is 4.00. The Morgan fingerprint density at radius 2 is 1.85 bits per heavy atom.